The van der Waals surface area contributed by atoms with E-state index in [0.717, 1.165) is 9.87 Å². The van der Waals surface area contributed by atoms with Crippen LogP contribution in [-0.2, 0) is 26.0 Å². The van der Waals surface area contributed by atoms with Crippen molar-refractivity contribution in [3.05, 3.63) is 60.6 Å². The summed E-state index contributed by atoms with van der Waals surface area (Å²) in [5, 5.41) is -0.117. The number of pyridine rings is 1. The van der Waals surface area contributed by atoms with Crippen LogP contribution in [0.15, 0.2) is 53.7 Å². The Hall–Kier alpha value is -3.31. The molecule has 2 atom stereocenters. The molecule has 0 saturated carbocycles. The van der Waals surface area contributed by atoms with Crippen LogP contribution in [0.2, 0.25) is 0 Å². The van der Waals surface area contributed by atoms with Crippen LogP contribution in [0, 0.1) is 6.42 Å². The van der Waals surface area contributed by atoms with E-state index < -0.39 is 28.2 Å². The van der Waals surface area contributed by atoms with Gasteiger partial charge in [0.2, 0.25) is 5.91 Å². The van der Waals surface area contributed by atoms with E-state index in [1.165, 1.54) is 23.6 Å². The smallest absolute Gasteiger partial charge is 0.409 e. The number of fused-ring (bicyclic) bond motifs is 1. The second kappa shape index (κ2) is 8.67. The van der Waals surface area contributed by atoms with Gasteiger partial charge in [0.15, 0.2) is 10.8 Å². The zero-order valence-corrected chi connectivity index (χ0v) is 17.8. The number of nitrogens with two attached hydrogens (primary N) is 1. The number of sulfonamides is 1. The highest BCUT2D eigenvalue weighted by molar-refractivity contribution is 7.89. The quantitative estimate of drug-likeness (QED) is 0.667. The summed E-state index contributed by atoms with van der Waals surface area (Å²) in [7, 11) is -3.93. The topological polar surface area (TPSA) is 140 Å². The van der Waals surface area contributed by atoms with E-state index >= 15 is 0 Å². The van der Waals surface area contributed by atoms with Crippen molar-refractivity contribution in [1.29, 1.82) is 0 Å². The lowest BCUT2D eigenvalue weighted by atomic mass is 10.1. The normalized spacial score (nSPS) is 20.9. The van der Waals surface area contributed by atoms with Crippen molar-refractivity contribution in [3.63, 3.8) is 0 Å². The number of carbonyl (C=O) groups is 3. The zero-order valence-electron chi connectivity index (χ0n) is 17.0. The van der Waals surface area contributed by atoms with Crippen LogP contribution in [-0.4, -0.2) is 65.6 Å². The lowest BCUT2D eigenvalue weighted by Crippen LogP contribution is -2.43. The number of benzene rings is 1. The molecule has 2 aromatic rings. The number of primary amides is 1. The predicted molar refractivity (Wildman–Crippen MR) is 112 cm³/mol. The lowest BCUT2D eigenvalue weighted by Gasteiger charge is -2.23. The minimum Gasteiger partial charge on any atom is -0.411 e. The molecule has 2 amide bonds. The average Bonchev–Trinajstić information content (AvgIpc) is 3.35. The summed E-state index contributed by atoms with van der Waals surface area (Å²) in [5.41, 5.74) is 5.76. The van der Waals surface area contributed by atoms with E-state index in [0.29, 0.717) is 18.6 Å². The molecule has 2 unspecified atom stereocenters. The number of carbonyl (C=O) groups excluding carboxylic acids is 3. The molecule has 1 radical (unpaired) electrons. The third-order valence-corrected chi connectivity index (χ3v) is 7.31. The Kier molecular flexibility index (Phi) is 5.94. The number of nitrogens with zero attached hydrogens (tertiary/aromatic N) is 3. The van der Waals surface area contributed by atoms with Crippen LogP contribution in [0.4, 0.5) is 4.79 Å². The molecular formula is C21H21N4O6S. The van der Waals surface area contributed by atoms with Crippen LogP contribution in [0.1, 0.15) is 12.0 Å². The zero-order chi connectivity index (χ0) is 22.9. The van der Waals surface area contributed by atoms with Crippen molar-refractivity contribution in [2.24, 2.45) is 5.73 Å². The predicted octanol–water partition coefficient (Wildman–Crippen LogP) is 0.529. The number of likely N-dealkylation sites (tertiary alicyclic amines) is 1. The molecule has 0 bridgehead atoms. The average molecular weight is 457 g/mol. The lowest BCUT2D eigenvalue weighted by molar-refractivity contribution is -0.133. The molecule has 167 valence electrons. The fourth-order valence-electron chi connectivity index (χ4n) is 4.09. The molecular weight excluding hydrogens is 436 g/mol. The molecule has 4 rings (SSSR count). The third-order valence-electron chi connectivity index (χ3n) is 5.53. The number of ether oxygens (including phenoxy) is 1. The van der Waals surface area contributed by atoms with Crippen LogP contribution < -0.4 is 10.5 Å². The highest BCUT2D eigenvalue weighted by Gasteiger charge is 2.53. The summed E-state index contributed by atoms with van der Waals surface area (Å²) in [6.07, 6.45) is 2.60. The fourth-order valence-corrected chi connectivity index (χ4v) is 5.65. The number of rotatable bonds is 6. The number of amides is 2. The number of hydrogen-bond donors (Lipinski definition) is 1. The Balaban J connectivity index is 1.41. The maximum atomic E-state index is 13.0. The molecule has 2 fully saturated rings. The van der Waals surface area contributed by atoms with Crippen molar-refractivity contribution in [3.8, 4) is 5.75 Å². The molecule has 0 aliphatic carbocycles. The van der Waals surface area contributed by atoms with Crippen molar-refractivity contribution in [1.82, 2.24) is 14.2 Å². The summed E-state index contributed by atoms with van der Waals surface area (Å²) >= 11 is 0. The first-order valence-corrected chi connectivity index (χ1v) is 11.4. The van der Waals surface area contributed by atoms with Gasteiger partial charge < -0.3 is 15.4 Å². The van der Waals surface area contributed by atoms with Gasteiger partial charge in [0, 0.05) is 12.7 Å². The van der Waals surface area contributed by atoms with Crippen molar-refractivity contribution in [2.45, 2.75) is 30.0 Å². The minimum atomic E-state index is -3.93. The maximum absolute atomic E-state index is 13.0. The Labute approximate surface area is 185 Å². The summed E-state index contributed by atoms with van der Waals surface area (Å²) in [4.78, 5) is 41.6. The SMILES string of the molecule is NC(=O)Oc1ccc(C[CH]C(=O)N2CCC3C2C(=O)CN3S(=O)(=O)c2ccccn2)cc1. The van der Waals surface area contributed by atoms with E-state index in [1.54, 1.807) is 36.4 Å². The summed E-state index contributed by atoms with van der Waals surface area (Å²) in [5.74, 6) is -0.345. The van der Waals surface area contributed by atoms with Gasteiger partial charge >= 0.3 is 6.09 Å². The largest absolute Gasteiger partial charge is 0.411 e. The highest BCUT2D eigenvalue weighted by Crippen LogP contribution is 2.33. The molecule has 3 heterocycles. The van der Waals surface area contributed by atoms with E-state index in [4.69, 9.17) is 10.5 Å². The van der Waals surface area contributed by atoms with Gasteiger partial charge in [-0.3, -0.25) is 9.59 Å². The van der Waals surface area contributed by atoms with Crippen molar-refractivity contribution in [2.75, 3.05) is 13.1 Å². The van der Waals surface area contributed by atoms with E-state index in [2.05, 4.69) is 4.98 Å². The molecule has 2 N–H and O–H groups in total. The Morgan fingerprint density at radius 3 is 2.59 bits per heavy atom. The molecule has 11 heteroatoms. The minimum absolute atomic E-state index is 0.117. The van der Waals surface area contributed by atoms with Gasteiger partial charge in [-0.1, -0.05) is 18.2 Å². The Bertz CT molecular complexity index is 1140. The molecule has 0 spiro atoms. The third kappa shape index (κ3) is 4.21. The van der Waals surface area contributed by atoms with Crippen LogP contribution in [0.5, 0.6) is 5.75 Å². The number of ketones is 1. The van der Waals surface area contributed by atoms with Gasteiger partial charge in [-0.15, -0.1) is 0 Å². The first-order valence-electron chi connectivity index (χ1n) is 9.93. The molecule has 1 aromatic heterocycles. The van der Waals surface area contributed by atoms with Crippen LogP contribution in [0.3, 0.4) is 0 Å². The number of aromatic nitrogens is 1. The monoisotopic (exact) mass is 457 g/mol. The van der Waals surface area contributed by atoms with Crippen molar-refractivity contribution >= 4 is 27.8 Å². The second-order valence-electron chi connectivity index (χ2n) is 7.49. The van der Waals surface area contributed by atoms with Gasteiger partial charge in [0.1, 0.15) is 11.8 Å². The first-order chi connectivity index (χ1) is 15.3. The second-order valence-corrected chi connectivity index (χ2v) is 9.33. The Morgan fingerprint density at radius 2 is 1.94 bits per heavy atom. The van der Waals surface area contributed by atoms with Gasteiger partial charge in [-0.25, -0.2) is 18.2 Å². The number of hydrogen-bond acceptors (Lipinski definition) is 7. The van der Waals surface area contributed by atoms with Crippen LogP contribution in [0.25, 0.3) is 0 Å². The molecule has 32 heavy (non-hydrogen) atoms. The van der Waals surface area contributed by atoms with Gasteiger partial charge in [-0.2, -0.15) is 4.31 Å². The molecule has 2 aliphatic rings. The standard InChI is InChI=1S/C21H21N4O6S/c22-21(28)31-15-7-4-14(5-8-15)6-9-19(27)24-12-10-16-20(24)17(26)13-25(16)32(29,30)18-3-1-2-11-23-18/h1-5,7-9,11,16,20H,6,10,12-13H2,(H2,22,28). The maximum Gasteiger partial charge on any atom is 0.409 e. The molecule has 2 aliphatic heterocycles. The molecule has 10 nitrogen and oxygen atoms in total. The first kappa shape index (κ1) is 21.9. The Morgan fingerprint density at radius 1 is 1.19 bits per heavy atom. The van der Waals surface area contributed by atoms with Crippen LogP contribution >= 0.6 is 0 Å². The fraction of sp³-hybridized carbons (Fsp3) is 0.286. The van der Waals surface area contributed by atoms with Gasteiger partial charge in [0.05, 0.1) is 19.0 Å². The molecule has 2 saturated heterocycles. The summed E-state index contributed by atoms with van der Waals surface area (Å²) < 4.78 is 31.9. The van der Waals surface area contributed by atoms with Gasteiger partial charge in [0.25, 0.3) is 10.0 Å². The van der Waals surface area contributed by atoms with E-state index in [1.807, 2.05) is 0 Å². The number of Topliss-reactive ketones (excluding diaryl/α,β-unsaturated/α-hetero) is 1. The molecule has 1 aromatic carbocycles. The van der Waals surface area contributed by atoms with Crippen molar-refractivity contribution < 1.29 is 27.5 Å². The summed E-state index contributed by atoms with van der Waals surface area (Å²) in [6, 6.07) is 9.67. The van der Waals surface area contributed by atoms with E-state index in [-0.39, 0.29) is 29.8 Å². The highest BCUT2D eigenvalue weighted by atomic mass is 32.2. The van der Waals surface area contributed by atoms with E-state index in [9.17, 15) is 22.8 Å². The summed E-state index contributed by atoms with van der Waals surface area (Å²) in [6.45, 7) is 0.00931. The van der Waals surface area contributed by atoms with Gasteiger partial charge in [-0.05, 0) is 42.7 Å².